The molecule has 1 saturated heterocycles. The number of nitrogens with one attached hydrogen (secondary N) is 1. The van der Waals surface area contributed by atoms with E-state index >= 15 is 0 Å². The summed E-state index contributed by atoms with van der Waals surface area (Å²) in [5, 5.41) is 11.9. The number of carbonyl (C=O) groups excluding carboxylic acids is 2. The van der Waals surface area contributed by atoms with Crippen molar-refractivity contribution in [3.63, 3.8) is 0 Å². The zero-order chi connectivity index (χ0) is 18.5. The average Bonchev–Trinajstić information content (AvgIpc) is 3.22. The quantitative estimate of drug-likeness (QED) is 0.908. The Morgan fingerprint density at radius 2 is 1.88 bits per heavy atom. The molecular weight excluding hydrogens is 332 g/mol. The van der Waals surface area contributed by atoms with Crippen LogP contribution in [0.1, 0.15) is 23.0 Å². The van der Waals surface area contributed by atoms with E-state index in [1.807, 2.05) is 11.8 Å². The number of hydrogen-bond donors (Lipinski definition) is 1. The summed E-state index contributed by atoms with van der Waals surface area (Å²) < 4.78 is 5.15. The van der Waals surface area contributed by atoms with Crippen molar-refractivity contribution in [2.75, 3.05) is 31.5 Å². The summed E-state index contributed by atoms with van der Waals surface area (Å²) in [7, 11) is 0. The molecule has 0 radical (unpaired) electrons. The second kappa shape index (κ2) is 7.85. The van der Waals surface area contributed by atoms with Crippen LogP contribution in [0.25, 0.3) is 0 Å². The Labute approximate surface area is 151 Å². The summed E-state index contributed by atoms with van der Waals surface area (Å²) in [5.74, 6) is 0.0329. The van der Waals surface area contributed by atoms with Gasteiger partial charge in [-0.15, -0.1) is 0 Å². The van der Waals surface area contributed by atoms with Gasteiger partial charge in [-0.2, -0.15) is 5.26 Å². The second-order valence-corrected chi connectivity index (χ2v) is 6.13. The Balaban J connectivity index is 1.56. The van der Waals surface area contributed by atoms with E-state index in [-0.39, 0.29) is 17.9 Å². The lowest BCUT2D eigenvalue weighted by Gasteiger charge is -2.37. The summed E-state index contributed by atoms with van der Waals surface area (Å²) in [6.45, 7) is 4.09. The molecule has 1 N–H and O–H groups in total. The van der Waals surface area contributed by atoms with Crippen LogP contribution in [-0.2, 0) is 4.79 Å². The molecule has 2 heterocycles. The number of para-hydroxylation sites is 1. The lowest BCUT2D eigenvalue weighted by atomic mass is 10.1. The lowest BCUT2D eigenvalue weighted by molar-refractivity contribution is -0.121. The van der Waals surface area contributed by atoms with Crippen LogP contribution < -0.4 is 5.32 Å². The Kier molecular flexibility index (Phi) is 5.34. The fourth-order valence-electron chi connectivity index (χ4n) is 2.96. The largest absolute Gasteiger partial charge is 0.459 e. The summed E-state index contributed by atoms with van der Waals surface area (Å²) in [5.41, 5.74) is 0.945. The third-order valence-corrected chi connectivity index (χ3v) is 4.57. The van der Waals surface area contributed by atoms with Gasteiger partial charge in [-0.25, -0.2) is 0 Å². The number of nitrogens with zero attached hydrogens (tertiary/aromatic N) is 3. The van der Waals surface area contributed by atoms with Gasteiger partial charge >= 0.3 is 0 Å². The van der Waals surface area contributed by atoms with Crippen molar-refractivity contribution in [3.8, 4) is 6.07 Å². The van der Waals surface area contributed by atoms with Gasteiger partial charge in [0.25, 0.3) is 5.91 Å². The van der Waals surface area contributed by atoms with Crippen LogP contribution in [0.5, 0.6) is 0 Å². The Morgan fingerprint density at radius 3 is 2.54 bits per heavy atom. The van der Waals surface area contributed by atoms with Crippen LogP contribution in [0.15, 0.2) is 47.1 Å². The normalized spacial score (nSPS) is 15.9. The maximum absolute atomic E-state index is 12.5. The lowest BCUT2D eigenvalue weighted by Crippen LogP contribution is -2.54. The van der Waals surface area contributed by atoms with Gasteiger partial charge in [-0.1, -0.05) is 12.1 Å². The monoisotopic (exact) mass is 352 g/mol. The fraction of sp³-hybridized carbons (Fsp3) is 0.316. The number of benzene rings is 1. The van der Waals surface area contributed by atoms with Crippen LogP contribution >= 0.6 is 0 Å². The zero-order valence-corrected chi connectivity index (χ0v) is 14.5. The molecule has 0 unspecified atom stereocenters. The number of piperazine rings is 1. The van der Waals surface area contributed by atoms with Gasteiger partial charge in [0, 0.05) is 26.2 Å². The molecule has 26 heavy (non-hydrogen) atoms. The molecule has 1 aliphatic heterocycles. The molecule has 3 rings (SSSR count). The molecule has 1 aromatic carbocycles. The predicted molar refractivity (Wildman–Crippen MR) is 95.4 cm³/mol. The molecule has 2 aromatic rings. The van der Waals surface area contributed by atoms with Gasteiger partial charge in [0.05, 0.1) is 23.6 Å². The van der Waals surface area contributed by atoms with Gasteiger partial charge in [0.2, 0.25) is 5.91 Å². The molecule has 0 saturated carbocycles. The number of furan rings is 1. The molecule has 7 heteroatoms. The number of anilines is 1. The Morgan fingerprint density at radius 1 is 1.15 bits per heavy atom. The first-order valence-electron chi connectivity index (χ1n) is 8.47. The zero-order valence-electron chi connectivity index (χ0n) is 14.5. The molecular formula is C19H20N4O3. The van der Waals surface area contributed by atoms with Gasteiger partial charge in [-0.3, -0.25) is 14.5 Å². The van der Waals surface area contributed by atoms with E-state index in [2.05, 4.69) is 11.4 Å². The van der Waals surface area contributed by atoms with Gasteiger partial charge in [0.15, 0.2) is 5.76 Å². The summed E-state index contributed by atoms with van der Waals surface area (Å²) in [4.78, 5) is 28.6. The number of hydrogen-bond acceptors (Lipinski definition) is 5. The highest BCUT2D eigenvalue weighted by molar-refractivity contribution is 5.95. The van der Waals surface area contributed by atoms with Crippen LogP contribution in [0.3, 0.4) is 0 Å². The van der Waals surface area contributed by atoms with E-state index in [9.17, 15) is 9.59 Å². The first-order valence-corrected chi connectivity index (χ1v) is 8.47. The molecule has 1 atom stereocenters. The maximum atomic E-state index is 12.5. The number of amides is 2. The van der Waals surface area contributed by atoms with Crippen molar-refractivity contribution >= 4 is 17.5 Å². The minimum absolute atomic E-state index is 0.130. The van der Waals surface area contributed by atoms with Crippen molar-refractivity contribution < 1.29 is 14.0 Å². The Hall–Kier alpha value is -3.11. The third kappa shape index (κ3) is 3.76. The van der Waals surface area contributed by atoms with Crippen LogP contribution in [0.4, 0.5) is 5.69 Å². The molecule has 1 fully saturated rings. The summed E-state index contributed by atoms with van der Waals surface area (Å²) >= 11 is 0. The molecule has 1 aromatic heterocycles. The van der Waals surface area contributed by atoms with E-state index < -0.39 is 0 Å². The van der Waals surface area contributed by atoms with Crippen molar-refractivity contribution in [1.29, 1.82) is 5.26 Å². The highest BCUT2D eigenvalue weighted by Gasteiger charge is 2.28. The molecule has 1 aliphatic rings. The van der Waals surface area contributed by atoms with Crippen molar-refractivity contribution in [1.82, 2.24) is 9.80 Å². The Bertz CT molecular complexity index is 818. The number of carbonyl (C=O) groups is 2. The topological polar surface area (TPSA) is 89.6 Å². The first kappa shape index (κ1) is 17.7. The SMILES string of the molecule is C[C@@H](C(=O)Nc1ccccc1C#N)N1CCN(C(=O)c2ccco2)CC1. The van der Waals surface area contributed by atoms with E-state index in [1.165, 1.54) is 6.26 Å². The van der Waals surface area contributed by atoms with Crippen molar-refractivity contribution in [3.05, 3.63) is 54.0 Å². The summed E-state index contributed by atoms with van der Waals surface area (Å²) in [6, 6.07) is 12.0. The van der Waals surface area contributed by atoms with Crippen LogP contribution in [0, 0.1) is 11.3 Å². The van der Waals surface area contributed by atoms with Crippen molar-refractivity contribution in [2.24, 2.45) is 0 Å². The van der Waals surface area contributed by atoms with Crippen molar-refractivity contribution in [2.45, 2.75) is 13.0 Å². The van der Waals surface area contributed by atoms with Gasteiger partial charge < -0.3 is 14.6 Å². The molecule has 7 nitrogen and oxygen atoms in total. The van der Waals surface area contributed by atoms with Crippen LogP contribution in [0.2, 0.25) is 0 Å². The minimum Gasteiger partial charge on any atom is -0.459 e. The first-order chi connectivity index (χ1) is 12.6. The highest BCUT2D eigenvalue weighted by atomic mass is 16.3. The van der Waals surface area contributed by atoms with Gasteiger partial charge in [0.1, 0.15) is 6.07 Å². The predicted octanol–water partition coefficient (Wildman–Crippen LogP) is 1.94. The molecule has 0 bridgehead atoms. The van der Waals surface area contributed by atoms with E-state index in [0.29, 0.717) is 43.2 Å². The van der Waals surface area contributed by atoms with E-state index in [1.54, 1.807) is 41.3 Å². The van der Waals surface area contributed by atoms with Crippen LogP contribution in [-0.4, -0.2) is 53.8 Å². The summed E-state index contributed by atoms with van der Waals surface area (Å²) in [6.07, 6.45) is 1.48. The van der Waals surface area contributed by atoms with Gasteiger partial charge in [-0.05, 0) is 31.2 Å². The smallest absolute Gasteiger partial charge is 0.289 e. The highest BCUT2D eigenvalue weighted by Crippen LogP contribution is 2.16. The number of nitriles is 1. The van der Waals surface area contributed by atoms with E-state index in [4.69, 9.17) is 9.68 Å². The maximum Gasteiger partial charge on any atom is 0.289 e. The molecule has 134 valence electrons. The van der Waals surface area contributed by atoms with E-state index in [0.717, 1.165) is 0 Å². The molecule has 2 amide bonds. The standard InChI is InChI=1S/C19H20N4O3/c1-14(18(24)21-16-6-3-2-5-15(16)13-20)22-8-10-23(11-9-22)19(25)17-7-4-12-26-17/h2-7,12,14H,8-11H2,1H3,(H,21,24)/t14-/m0/s1. The second-order valence-electron chi connectivity index (χ2n) is 6.13. The molecule has 0 aliphatic carbocycles. The minimum atomic E-state index is -0.359. The average molecular weight is 352 g/mol. The fourth-order valence-corrected chi connectivity index (χ4v) is 2.96. The third-order valence-electron chi connectivity index (χ3n) is 4.57. The number of rotatable bonds is 4. The molecule has 0 spiro atoms.